The number of nitrogens with two attached hydrogens (primary N) is 1. The fourth-order valence-corrected chi connectivity index (χ4v) is 3.19. The number of hydrogen-bond acceptors (Lipinski definition) is 9. The van der Waals surface area contributed by atoms with Crippen molar-refractivity contribution >= 4 is 17.6 Å². The van der Waals surface area contributed by atoms with Crippen LogP contribution < -0.4 is 15.5 Å². The van der Waals surface area contributed by atoms with Gasteiger partial charge in [0, 0.05) is 44.0 Å². The smallest absolute Gasteiger partial charge is 0.228 e. The van der Waals surface area contributed by atoms with Crippen molar-refractivity contribution in [1.29, 1.82) is 5.26 Å². The van der Waals surface area contributed by atoms with E-state index in [2.05, 4.69) is 20.9 Å². The zero-order valence-corrected chi connectivity index (χ0v) is 15.0. The second kappa shape index (κ2) is 7.73. The average molecular weight is 367 g/mol. The third-order valence-electron chi connectivity index (χ3n) is 4.65. The highest BCUT2D eigenvalue weighted by Crippen LogP contribution is 2.28. The van der Waals surface area contributed by atoms with E-state index in [0.29, 0.717) is 55.0 Å². The zero-order valence-electron chi connectivity index (χ0n) is 15.0. The second-order valence-corrected chi connectivity index (χ2v) is 6.38. The Bertz CT molecular complexity index is 819. The third-order valence-corrected chi connectivity index (χ3v) is 4.65. The zero-order chi connectivity index (χ0) is 18.6. The van der Waals surface area contributed by atoms with E-state index < -0.39 is 0 Å². The highest BCUT2D eigenvalue weighted by Gasteiger charge is 2.21. The number of nitriles is 1. The maximum atomic E-state index is 9.51. The van der Waals surface area contributed by atoms with Crippen LogP contribution in [0.15, 0.2) is 18.3 Å². The number of pyridine rings is 1. The molecular formula is C18H21N7O2. The summed E-state index contributed by atoms with van der Waals surface area (Å²) >= 11 is 0. The Kier molecular flexibility index (Phi) is 5.00. The lowest BCUT2D eigenvalue weighted by Crippen LogP contribution is -2.39. The van der Waals surface area contributed by atoms with Crippen LogP contribution in [0.1, 0.15) is 5.56 Å². The molecule has 0 aliphatic carbocycles. The molecule has 9 heteroatoms. The highest BCUT2D eigenvalue weighted by atomic mass is 16.5. The molecule has 2 N–H and O–H groups in total. The molecule has 9 nitrogen and oxygen atoms in total. The van der Waals surface area contributed by atoms with Gasteiger partial charge in [-0.05, 0) is 6.07 Å². The molecule has 0 amide bonds. The van der Waals surface area contributed by atoms with Gasteiger partial charge in [-0.25, -0.2) is 9.97 Å². The molecule has 0 bridgehead atoms. The second-order valence-electron chi connectivity index (χ2n) is 6.38. The Balaban J connectivity index is 1.79. The van der Waals surface area contributed by atoms with Crippen LogP contribution in [-0.2, 0) is 9.47 Å². The number of rotatable bonds is 3. The van der Waals surface area contributed by atoms with Crippen LogP contribution in [0.2, 0.25) is 0 Å². The maximum Gasteiger partial charge on any atom is 0.228 e. The van der Waals surface area contributed by atoms with Crippen molar-refractivity contribution in [1.82, 2.24) is 15.0 Å². The number of anilines is 3. The van der Waals surface area contributed by atoms with E-state index in [4.69, 9.17) is 25.2 Å². The topological polar surface area (TPSA) is 113 Å². The Labute approximate surface area is 157 Å². The quantitative estimate of drug-likeness (QED) is 0.836. The molecule has 0 saturated carbocycles. The van der Waals surface area contributed by atoms with Gasteiger partial charge in [-0.1, -0.05) is 0 Å². The Morgan fingerprint density at radius 1 is 0.963 bits per heavy atom. The van der Waals surface area contributed by atoms with E-state index in [1.807, 2.05) is 6.07 Å². The summed E-state index contributed by atoms with van der Waals surface area (Å²) in [7, 11) is 0. The molecular weight excluding hydrogens is 346 g/mol. The van der Waals surface area contributed by atoms with Gasteiger partial charge in [-0.2, -0.15) is 10.2 Å². The molecule has 0 radical (unpaired) electrons. The monoisotopic (exact) mass is 367 g/mol. The third kappa shape index (κ3) is 3.77. The molecule has 2 aromatic heterocycles. The SMILES string of the molecule is N#Cc1cc(N)ncc1-c1cc(N2CCOCC2)nc(N2CCOCC2)n1. The number of ether oxygens (including phenoxy) is 2. The van der Waals surface area contributed by atoms with Gasteiger partial charge in [0.1, 0.15) is 17.7 Å². The van der Waals surface area contributed by atoms with E-state index in [1.54, 1.807) is 12.3 Å². The molecule has 0 unspecified atom stereocenters. The van der Waals surface area contributed by atoms with Crippen molar-refractivity contribution in [3.05, 3.63) is 23.9 Å². The first kappa shape index (κ1) is 17.5. The van der Waals surface area contributed by atoms with E-state index in [9.17, 15) is 5.26 Å². The molecule has 4 rings (SSSR count). The van der Waals surface area contributed by atoms with Crippen LogP contribution >= 0.6 is 0 Å². The Morgan fingerprint density at radius 2 is 1.63 bits per heavy atom. The lowest BCUT2D eigenvalue weighted by atomic mass is 10.1. The van der Waals surface area contributed by atoms with Crippen molar-refractivity contribution in [3.63, 3.8) is 0 Å². The number of aromatic nitrogens is 3. The predicted octanol–water partition coefficient (Wildman–Crippen LogP) is 0.666. The minimum atomic E-state index is 0.311. The Hall–Kier alpha value is -2.96. The summed E-state index contributed by atoms with van der Waals surface area (Å²) in [4.78, 5) is 17.9. The van der Waals surface area contributed by atoms with Gasteiger partial charge in [-0.15, -0.1) is 0 Å². The first-order chi connectivity index (χ1) is 13.2. The predicted molar refractivity (Wildman–Crippen MR) is 100 cm³/mol. The average Bonchev–Trinajstić information content (AvgIpc) is 2.74. The van der Waals surface area contributed by atoms with Crippen LogP contribution in [0.4, 0.5) is 17.6 Å². The summed E-state index contributed by atoms with van der Waals surface area (Å²) in [6.07, 6.45) is 1.60. The first-order valence-corrected chi connectivity index (χ1v) is 8.95. The van der Waals surface area contributed by atoms with Gasteiger partial charge < -0.3 is 25.0 Å². The summed E-state index contributed by atoms with van der Waals surface area (Å²) in [5.41, 5.74) is 7.50. The van der Waals surface area contributed by atoms with Gasteiger partial charge in [0.05, 0.1) is 37.7 Å². The van der Waals surface area contributed by atoms with Crippen molar-refractivity contribution < 1.29 is 9.47 Å². The molecule has 2 aliphatic rings. The van der Waals surface area contributed by atoms with Crippen LogP contribution in [0.5, 0.6) is 0 Å². The molecule has 2 saturated heterocycles. The molecule has 4 heterocycles. The molecule has 27 heavy (non-hydrogen) atoms. The molecule has 2 aromatic rings. The number of hydrogen-bond donors (Lipinski definition) is 1. The standard InChI is InChI=1S/C18H21N7O2/c19-11-13-9-16(20)21-12-14(13)15-10-17(24-1-5-26-6-2-24)23-18(22-15)25-3-7-27-8-4-25/h9-10,12H,1-8H2,(H2,20,21). The summed E-state index contributed by atoms with van der Waals surface area (Å²) in [5, 5.41) is 9.51. The van der Waals surface area contributed by atoms with Crippen LogP contribution in [0.25, 0.3) is 11.3 Å². The summed E-state index contributed by atoms with van der Waals surface area (Å²) in [6.45, 7) is 5.63. The highest BCUT2D eigenvalue weighted by molar-refractivity contribution is 5.71. The fraction of sp³-hybridized carbons (Fsp3) is 0.444. The number of morpholine rings is 2. The number of nitrogens with zero attached hydrogens (tertiary/aromatic N) is 6. The summed E-state index contributed by atoms with van der Waals surface area (Å²) in [6, 6.07) is 5.66. The minimum absolute atomic E-state index is 0.311. The van der Waals surface area contributed by atoms with Gasteiger partial charge in [0.2, 0.25) is 5.95 Å². The molecule has 140 valence electrons. The van der Waals surface area contributed by atoms with Crippen LogP contribution in [0, 0.1) is 11.3 Å². The van der Waals surface area contributed by atoms with Crippen molar-refractivity contribution in [3.8, 4) is 17.3 Å². The molecule has 2 aliphatic heterocycles. The maximum absolute atomic E-state index is 9.51. The fourth-order valence-electron chi connectivity index (χ4n) is 3.19. The van der Waals surface area contributed by atoms with Crippen molar-refractivity contribution in [2.24, 2.45) is 0 Å². The van der Waals surface area contributed by atoms with Crippen molar-refractivity contribution in [2.75, 3.05) is 68.1 Å². The molecule has 0 aromatic carbocycles. The van der Waals surface area contributed by atoms with E-state index >= 15 is 0 Å². The lowest BCUT2D eigenvalue weighted by Gasteiger charge is -2.31. The van der Waals surface area contributed by atoms with Gasteiger partial charge >= 0.3 is 0 Å². The van der Waals surface area contributed by atoms with Crippen LogP contribution in [0.3, 0.4) is 0 Å². The largest absolute Gasteiger partial charge is 0.384 e. The van der Waals surface area contributed by atoms with Gasteiger partial charge in [-0.3, -0.25) is 0 Å². The first-order valence-electron chi connectivity index (χ1n) is 8.95. The lowest BCUT2D eigenvalue weighted by molar-refractivity contribution is 0.121. The summed E-state index contributed by atoms with van der Waals surface area (Å²) in [5.74, 6) is 1.77. The van der Waals surface area contributed by atoms with Crippen LogP contribution in [-0.4, -0.2) is 67.6 Å². The van der Waals surface area contributed by atoms with E-state index in [-0.39, 0.29) is 0 Å². The van der Waals surface area contributed by atoms with Gasteiger partial charge in [0.15, 0.2) is 0 Å². The molecule has 0 atom stereocenters. The number of nitrogen functional groups attached to an aromatic ring is 1. The molecule has 2 fully saturated rings. The minimum Gasteiger partial charge on any atom is -0.384 e. The normalized spacial score (nSPS) is 17.6. The Morgan fingerprint density at radius 3 is 2.30 bits per heavy atom. The molecule has 0 spiro atoms. The van der Waals surface area contributed by atoms with Gasteiger partial charge in [0.25, 0.3) is 0 Å². The van der Waals surface area contributed by atoms with Crippen molar-refractivity contribution in [2.45, 2.75) is 0 Å². The van der Waals surface area contributed by atoms with E-state index in [0.717, 1.165) is 32.0 Å². The van der Waals surface area contributed by atoms with E-state index in [1.165, 1.54) is 0 Å². The summed E-state index contributed by atoms with van der Waals surface area (Å²) < 4.78 is 10.9.